The molecule has 4 rings (SSSR count). The molecule has 4 heterocycles. The van der Waals surface area contributed by atoms with Gasteiger partial charge in [0.2, 0.25) is 5.91 Å². The summed E-state index contributed by atoms with van der Waals surface area (Å²) in [6.07, 6.45) is 7.18. The molecule has 2 fully saturated rings. The van der Waals surface area contributed by atoms with Gasteiger partial charge in [0.1, 0.15) is 11.9 Å². The number of carbonyl (C=O) groups is 1. The van der Waals surface area contributed by atoms with Gasteiger partial charge in [0.05, 0.1) is 5.56 Å². The number of hydrogen-bond acceptors (Lipinski definition) is 5. The van der Waals surface area contributed by atoms with E-state index in [1.165, 1.54) is 0 Å². The van der Waals surface area contributed by atoms with E-state index >= 15 is 0 Å². The fraction of sp³-hybridized carbons (Fsp3) is 0.478. The first-order valence-electron chi connectivity index (χ1n) is 10.3. The van der Waals surface area contributed by atoms with Crippen molar-refractivity contribution >= 4 is 11.7 Å². The largest absolute Gasteiger partial charge is 0.355 e. The van der Waals surface area contributed by atoms with Crippen molar-refractivity contribution in [2.24, 2.45) is 5.41 Å². The summed E-state index contributed by atoms with van der Waals surface area (Å²) >= 11 is 0. The molecular formula is C23H27N5O. The number of rotatable bonds is 3. The van der Waals surface area contributed by atoms with Gasteiger partial charge < -0.3 is 9.80 Å². The van der Waals surface area contributed by atoms with E-state index in [1.807, 2.05) is 36.9 Å². The standard InChI is InChI=1S/C23H27N5O/c1-17-13-18(2)26-22(20(17)14-24)27-11-7-23(8-12-27)6-3-21(29)28(16-23)15-19-4-9-25-10-5-19/h4-5,9-10,13H,3,6-8,11-12,15-16H2,1-2H3. The molecule has 0 atom stereocenters. The lowest BCUT2D eigenvalue weighted by Crippen LogP contribution is -2.51. The van der Waals surface area contributed by atoms with Crippen molar-refractivity contribution in [3.63, 3.8) is 0 Å². The highest BCUT2D eigenvalue weighted by atomic mass is 16.2. The predicted molar refractivity (Wildman–Crippen MR) is 111 cm³/mol. The molecule has 0 bridgehead atoms. The quantitative estimate of drug-likeness (QED) is 0.805. The van der Waals surface area contributed by atoms with Gasteiger partial charge in [0.15, 0.2) is 0 Å². The average molecular weight is 390 g/mol. The lowest BCUT2D eigenvalue weighted by atomic mass is 9.72. The third-order valence-electron chi connectivity index (χ3n) is 6.43. The van der Waals surface area contributed by atoms with Crippen LogP contribution in [0.1, 0.15) is 48.1 Å². The topological polar surface area (TPSA) is 73.1 Å². The SMILES string of the molecule is Cc1cc(C)c(C#N)c(N2CCC3(CCC(=O)N(Cc4ccncc4)C3)CC2)n1. The minimum absolute atomic E-state index is 0.170. The van der Waals surface area contributed by atoms with Crippen LogP contribution in [0.2, 0.25) is 0 Å². The number of hydrogen-bond donors (Lipinski definition) is 0. The summed E-state index contributed by atoms with van der Waals surface area (Å²) < 4.78 is 0. The van der Waals surface area contributed by atoms with E-state index in [-0.39, 0.29) is 11.3 Å². The minimum atomic E-state index is 0.170. The van der Waals surface area contributed by atoms with Crippen LogP contribution < -0.4 is 4.90 Å². The van der Waals surface area contributed by atoms with Gasteiger partial charge in [-0.1, -0.05) is 0 Å². The van der Waals surface area contributed by atoms with Crippen molar-refractivity contribution < 1.29 is 4.79 Å². The Hall–Kier alpha value is -2.94. The lowest BCUT2D eigenvalue weighted by molar-refractivity contribution is -0.139. The Labute approximate surface area is 172 Å². The Balaban J connectivity index is 1.47. The van der Waals surface area contributed by atoms with Crippen LogP contribution in [0.15, 0.2) is 30.6 Å². The summed E-state index contributed by atoms with van der Waals surface area (Å²) in [5, 5.41) is 9.60. The third-order valence-corrected chi connectivity index (χ3v) is 6.43. The zero-order valence-electron chi connectivity index (χ0n) is 17.2. The van der Waals surface area contributed by atoms with E-state index < -0.39 is 0 Å². The van der Waals surface area contributed by atoms with Crippen LogP contribution in [0.25, 0.3) is 0 Å². The number of nitriles is 1. The molecule has 0 unspecified atom stereocenters. The second-order valence-corrected chi connectivity index (χ2v) is 8.48. The molecule has 2 aromatic heterocycles. The number of likely N-dealkylation sites (tertiary alicyclic amines) is 1. The van der Waals surface area contributed by atoms with Crippen LogP contribution in [0.4, 0.5) is 5.82 Å². The molecule has 2 aromatic rings. The molecule has 2 saturated heterocycles. The summed E-state index contributed by atoms with van der Waals surface area (Å²) in [6.45, 7) is 7.18. The molecule has 2 aliphatic rings. The van der Waals surface area contributed by atoms with Crippen LogP contribution >= 0.6 is 0 Å². The van der Waals surface area contributed by atoms with Crippen molar-refractivity contribution in [3.8, 4) is 6.07 Å². The number of anilines is 1. The van der Waals surface area contributed by atoms with Gasteiger partial charge >= 0.3 is 0 Å². The highest BCUT2D eigenvalue weighted by Crippen LogP contribution is 2.41. The number of nitrogens with zero attached hydrogens (tertiary/aromatic N) is 5. The lowest BCUT2D eigenvalue weighted by Gasteiger charge is -2.48. The predicted octanol–water partition coefficient (Wildman–Crippen LogP) is 3.37. The van der Waals surface area contributed by atoms with E-state index in [2.05, 4.69) is 20.9 Å². The van der Waals surface area contributed by atoms with Gasteiger partial charge in [0, 0.05) is 50.7 Å². The van der Waals surface area contributed by atoms with Crippen molar-refractivity contribution in [1.29, 1.82) is 5.26 Å². The number of piperidine rings is 2. The Bertz CT molecular complexity index is 942. The smallest absolute Gasteiger partial charge is 0.222 e. The van der Waals surface area contributed by atoms with Crippen LogP contribution in [-0.2, 0) is 11.3 Å². The zero-order chi connectivity index (χ0) is 20.4. The van der Waals surface area contributed by atoms with E-state index in [0.717, 1.165) is 61.5 Å². The van der Waals surface area contributed by atoms with Gasteiger partial charge in [-0.2, -0.15) is 5.26 Å². The summed E-state index contributed by atoms with van der Waals surface area (Å²) in [6, 6.07) is 8.26. The first-order valence-corrected chi connectivity index (χ1v) is 10.3. The second kappa shape index (κ2) is 7.82. The molecule has 1 spiro atoms. The van der Waals surface area contributed by atoms with Crippen LogP contribution in [0, 0.1) is 30.6 Å². The van der Waals surface area contributed by atoms with Crippen LogP contribution in [0.5, 0.6) is 0 Å². The molecule has 0 N–H and O–H groups in total. The van der Waals surface area contributed by atoms with E-state index in [1.54, 1.807) is 12.4 Å². The Morgan fingerprint density at radius 3 is 2.59 bits per heavy atom. The van der Waals surface area contributed by atoms with E-state index in [4.69, 9.17) is 0 Å². The maximum atomic E-state index is 12.5. The Morgan fingerprint density at radius 2 is 1.90 bits per heavy atom. The fourth-order valence-corrected chi connectivity index (χ4v) is 4.74. The Morgan fingerprint density at radius 1 is 1.17 bits per heavy atom. The maximum Gasteiger partial charge on any atom is 0.222 e. The molecule has 6 heteroatoms. The summed E-state index contributed by atoms with van der Waals surface area (Å²) in [4.78, 5) is 25.5. The van der Waals surface area contributed by atoms with Gasteiger partial charge in [-0.25, -0.2) is 4.98 Å². The first kappa shape index (κ1) is 19.4. The molecular weight excluding hydrogens is 362 g/mol. The highest BCUT2D eigenvalue weighted by Gasteiger charge is 2.41. The van der Waals surface area contributed by atoms with Crippen molar-refractivity contribution in [3.05, 3.63) is 53.0 Å². The molecule has 0 aliphatic carbocycles. The summed E-state index contributed by atoms with van der Waals surface area (Å²) in [5.74, 6) is 1.07. The van der Waals surface area contributed by atoms with Gasteiger partial charge in [-0.3, -0.25) is 9.78 Å². The van der Waals surface area contributed by atoms with Crippen LogP contribution in [0.3, 0.4) is 0 Å². The Kier molecular flexibility index (Phi) is 5.23. The van der Waals surface area contributed by atoms with Crippen molar-refractivity contribution in [1.82, 2.24) is 14.9 Å². The molecule has 150 valence electrons. The number of pyridine rings is 2. The van der Waals surface area contributed by atoms with Crippen molar-refractivity contribution in [2.75, 3.05) is 24.5 Å². The van der Waals surface area contributed by atoms with Gasteiger partial charge in [0.25, 0.3) is 0 Å². The zero-order valence-corrected chi connectivity index (χ0v) is 17.2. The molecule has 0 radical (unpaired) electrons. The average Bonchev–Trinajstić information content (AvgIpc) is 2.72. The number of aryl methyl sites for hydroxylation is 2. The van der Waals surface area contributed by atoms with Crippen LogP contribution in [-0.4, -0.2) is 40.4 Å². The molecule has 29 heavy (non-hydrogen) atoms. The summed E-state index contributed by atoms with van der Waals surface area (Å²) in [7, 11) is 0. The maximum absolute atomic E-state index is 12.5. The first-order chi connectivity index (χ1) is 14.0. The number of aromatic nitrogens is 2. The fourth-order valence-electron chi connectivity index (χ4n) is 4.74. The van der Waals surface area contributed by atoms with Crippen molar-refractivity contribution in [2.45, 2.75) is 46.1 Å². The number of carbonyl (C=O) groups excluding carboxylic acids is 1. The number of amides is 1. The highest BCUT2D eigenvalue weighted by molar-refractivity contribution is 5.77. The van der Waals surface area contributed by atoms with E-state index in [9.17, 15) is 10.1 Å². The molecule has 1 amide bonds. The van der Waals surface area contributed by atoms with Gasteiger partial charge in [-0.15, -0.1) is 0 Å². The van der Waals surface area contributed by atoms with Gasteiger partial charge in [-0.05, 0) is 67.9 Å². The minimum Gasteiger partial charge on any atom is -0.355 e. The molecule has 2 aliphatic heterocycles. The van der Waals surface area contributed by atoms with E-state index in [0.29, 0.717) is 18.5 Å². The monoisotopic (exact) mass is 389 g/mol. The molecule has 6 nitrogen and oxygen atoms in total. The third kappa shape index (κ3) is 3.95. The molecule has 0 aromatic carbocycles. The summed E-state index contributed by atoms with van der Waals surface area (Å²) in [5.41, 5.74) is 3.92. The normalized spacial score (nSPS) is 18.7. The molecule has 0 saturated carbocycles. The second-order valence-electron chi connectivity index (χ2n) is 8.48.